The number of nitrogens with zero attached hydrogens (tertiary/aromatic N) is 1. The first-order valence-corrected chi connectivity index (χ1v) is 11.4. The van der Waals surface area contributed by atoms with Gasteiger partial charge < -0.3 is 24.4 Å². The van der Waals surface area contributed by atoms with E-state index in [1.807, 2.05) is 31.2 Å². The second-order valence-corrected chi connectivity index (χ2v) is 8.51. The highest BCUT2D eigenvalue weighted by atomic mass is 16.5. The molecule has 1 aliphatic rings. The number of nitrogens with one attached hydrogen (secondary N) is 1. The Morgan fingerprint density at radius 3 is 2.27 bits per heavy atom. The fourth-order valence-corrected chi connectivity index (χ4v) is 4.07. The summed E-state index contributed by atoms with van der Waals surface area (Å²) in [4.78, 5) is 27.8. The third-order valence-electron chi connectivity index (χ3n) is 5.99. The van der Waals surface area contributed by atoms with Crippen LogP contribution in [0.15, 0.2) is 42.5 Å². The van der Waals surface area contributed by atoms with Crippen LogP contribution in [0, 0.1) is 6.92 Å². The van der Waals surface area contributed by atoms with Gasteiger partial charge in [-0.1, -0.05) is 42.7 Å². The Morgan fingerprint density at radius 2 is 1.67 bits per heavy atom. The lowest BCUT2D eigenvalue weighted by atomic mass is 10.1. The molecule has 0 aliphatic heterocycles. The van der Waals surface area contributed by atoms with E-state index in [-0.39, 0.29) is 24.5 Å². The Labute approximate surface area is 196 Å². The first-order chi connectivity index (χ1) is 15.9. The van der Waals surface area contributed by atoms with E-state index in [4.69, 9.17) is 14.2 Å². The van der Waals surface area contributed by atoms with Crippen molar-refractivity contribution in [3.63, 3.8) is 0 Å². The van der Waals surface area contributed by atoms with Crippen LogP contribution in [0.25, 0.3) is 0 Å². The van der Waals surface area contributed by atoms with Crippen molar-refractivity contribution in [3.8, 4) is 17.2 Å². The molecule has 7 heteroatoms. The molecule has 1 atom stereocenters. The first-order valence-electron chi connectivity index (χ1n) is 11.4. The SMILES string of the molecule is COc1cc(OC)cc(OCC(=O)N(Cc2cccc(C)c2)[C@H](C)C(=O)NC2CCCC2)c1. The lowest BCUT2D eigenvalue weighted by molar-refractivity contribution is -0.142. The van der Waals surface area contributed by atoms with Gasteiger partial charge in [-0.05, 0) is 32.3 Å². The smallest absolute Gasteiger partial charge is 0.261 e. The summed E-state index contributed by atoms with van der Waals surface area (Å²) in [5.74, 6) is 1.19. The third-order valence-corrected chi connectivity index (χ3v) is 5.99. The van der Waals surface area contributed by atoms with Crippen molar-refractivity contribution in [2.24, 2.45) is 0 Å². The molecule has 0 radical (unpaired) electrons. The Hall–Kier alpha value is -3.22. The van der Waals surface area contributed by atoms with Crippen molar-refractivity contribution in [3.05, 3.63) is 53.6 Å². The third kappa shape index (κ3) is 6.88. The fourth-order valence-electron chi connectivity index (χ4n) is 4.07. The molecule has 1 saturated carbocycles. The molecule has 1 aliphatic carbocycles. The molecule has 2 aromatic rings. The van der Waals surface area contributed by atoms with Gasteiger partial charge in [-0.25, -0.2) is 0 Å². The molecule has 0 aromatic heterocycles. The van der Waals surface area contributed by atoms with Crippen molar-refractivity contribution >= 4 is 11.8 Å². The number of ether oxygens (including phenoxy) is 3. The highest BCUT2D eigenvalue weighted by molar-refractivity contribution is 5.88. The van der Waals surface area contributed by atoms with Crippen LogP contribution in [0.3, 0.4) is 0 Å². The minimum absolute atomic E-state index is 0.133. The van der Waals surface area contributed by atoms with Gasteiger partial charge in [0.25, 0.3) is 5.91 Å². The van der Waals surface area contributed by atoms with Gasteiger partial charge in [-0.2, -0.15) is 0 Å². The summed E-state index contributed by atoms with van der Waals surface area (Å²) in [5.41, 5.74) is 2.06. The van der Waals surface area contributed by atoms with E-state index in [2.05, 4.69) is 5.32 Å². The maximum Gasteiger partial charge on any atom is 0.261 e. The van der Waals surface area contributed by atoms with Crippen molar-refractivity contribution in [2.45, 2.75) is 58.2 Å². The molecular weight excluding hydrogens is 420 g/mol. The molecule has 1 N–H and O–H groups in total. The number of rotatable bonds is 10. The molecule has 0 heterocycles. The maximum absolute atomic E-state index is 13.3. The predicted molar refractivity (Wildman–Crippen MR) is 127 cm³/mol. The lowest BCUT2D eigenvalue weighted by Gasteiger charge is -2.29. The molecule has 0 bridgehead atoms. The van der Waals surface area contributed by atoms with E-state index in [1.165, 1.54) is 0 Å². The summed E-state index contributed by atoms with van der Waals surface area (Å²) in [7, 11) is 3.11. The number of methoxy groups -OCH3 is 2. The molecule has 1 fully saturated rings. The van der Waals surface area contributed by atoms with Gasteiger partial charge in [0.1, 0.15) is 23.3 Å². The summed E-state index contributed by atoms with van der Waals surface area (Å²) in [5, 5.41) is 3.11. The van der Waals surface area contributed by atoms with E-state index in [1.54, 1.807) is 44.2 Å². The zero-order valence-electron chi connectivity index (χ0n) is 19.9. The van der Waals surface area contributed by atoms with Gasteiger partial charge in [-0.15, -0.1) is 0 Å². The molecule has 0 unspecified atom stereocenters. The zero-order valence-corrected chi connectivity index (χ0v) is 19.9. The van der Waals surface area contributed by atoms with E-state index in [0.29, 0.717) is 23.8 Å². The van der Waals surface area contributed by atoms with Crippen LogP contribution in [0.1, 0.15) is 43.7 Å². The van der Waals surface area contributed by atoms with Crippen molar-refractivity contribution in [1.82, 2.24) is 10.2 Å². The molecule has 178 valence electrons. The number of aryl methyl sites for hydroxylation is 1. The number of carbonyl (C=O) groups excluding carboxylic acids is 2. The minimum atomic E-state index is -0.623. The molecule has 3 rings (SSSR count). The second-order valence-electron chi connectivity index (χ2n) is 8.51. The molecule has 0 saturated heterocycles. The Balaban J connectivity index is 1.74. The number of carbonyl (C=O) groups is 2. The van der Waals surface area contributed by atoms with E-state index in [0.717, 1.165) is 36.8 Å². The van der Waals surface area contributed by atoms with Gasteiger partial charge >= 0.3 is 0 Å². The minimum Gasteiger partial charge on any atom is -0.496 e. The Kier molecular flexibility index (Phi) is 8.58. The second kappa shape index (κ2) is 11.6. The van der Waals surface area contributed by atoms with Crippen LogP contribution in [0.2, 0.25) is 0 Å². The number of hydrogen-bond donors (Lipinski definition) is 1. The highest BCUT2D eigenvalue weighted by Crippen LogP contribution is 2.27. The van der Waals surface area contributed by atoms with Crippen LogP contribution >= 0.6 is 0 Å². The lowest BCUT2D eigenvalue weighted by Crippen LogP contribution is -2.50. The van der Waals surface area contributed by atoms with Gasteiger partial charge in [0, 0.05) is 30.8 Å². The van der Waals surface area contributed by atoms with Crippen molar-refractivity contribution in [1.29, 1.82) is 0 Å². The molecule has 2 aromatic carbocycles. The maximum atomic E-state index is 13.3. The van der Waals surface area contributed by atoms with Gasteiger partial charge in [0.15, 0.2) is 6.61 Å². The van der Waals surface area contributed by atoms with Crippen LogP contribution in [-0.2, 0) is 16.1 Å². The molecule has 7 nitrogen and oxygen atoms in total. The number of benzene rings is 2. The highest BCUT2D eigenvalue weighted by Gasteiger charge is 2.28. The largest absolute Gasteiger partial charge is 0.496 e. The fraction of sp³-hybridized carbons (Fsp3) is 0.462. The average molecular weight is 455 g/mol. The quantitative estimate of drug-likeness (QED) is 0.590. The predicted octanol–water partition coefficient (Wildman–Crippen LogP) is 3.87. The molecule has 33 heavy (non-hydrogen) atoms. The first kappa shape index (κ1) is 24.4. The monoisotopic (exact) mass is 454 g/mol. The summed E-state index contributed by atoms with van der Waals surface area (Å²) in [6, 6.07) is 12.6. The van der Waals surface area contributed by atoms with Crippen LogP contribution < -0.4 is 19.5 Å². The standard InChI is InChI=1S/C26H34N2O5/c1-18-8-7-9-20(12-18)16-28(19(2)26(30)27-21-10-5-6-11-21)25(29)17-33-24-14-22(31-3)13-23(15-24)32-4/h7-9,12-15,19,21H,5-6,10-11,16-17H2,1-4H3,(H,27,30)/t19-/m1/s1. The summed E-state index contributed by atoms with van der Waals surface area (Å²) >= 11 is 0. The van der Waals surface area contributed by atoms with E-state index < -0.39 is 6.04 Å². The van der Waals surface area contributed by atoms with Crippen LogP contribution in [0.4, 0.5) is 0 Å². The number of hydrogen-bond acceptors (Lipinski definition) is 5. The average Bonchev–Trinajstić information content (AvgIpc) is 3.33. The topological polar surface area (TPSA) is 77.1 Å². The molecule has 0 spiro atoms. The van der Waals surface area contributed by atoms with Gasteiger partial charge in [0.05, 0.1) is 14.2 Å². The zero-order chi connectivity index (χ0) is 23.8. The molecule has 2 amide bonds. The van der Waals surface area contributed by atoms with E-state index >= 15 is 0 Å². The van der Waals surface area contributed by atoms with E-state index in [9.17, 15) is 9.59 Å². The van der Waals surface area contributed by atoms with Crippen LogP contribution in [-0.4, -0.2) is 49.6 Å². The van der Waals surface area contributed by atoms with Crippen molar-refractivity contribution < 1.29 is 23.8 Å². The summed E-state index contributed by atoms with van der Waals surface area (Å²) in [6.07, 6.45) is 4.24. The summed E-state index contributed by atoms with van der Waals surface area (Å²) in [6.45, 7) is 3.89. The van der Waals surface area contributed by atoms with Gasteiger partial charge in [0.2, 0.25) is 5.91 Å². The number of amides is 2. The Morgan fingerprint density at radius 1 is 1.03 bits per heavy atom. The van der Waals surface area contributed by atoms with Gasteiger partial charge in [-0.3, -0.25) is 9.59 Å². The Bertz CT molecular complexity index is 933. The summed E-state index contributed by atoms with van der Waals surface area (Å²) < 4.78 is 16.3. The molecular formula is C26H34N2O5. The van der Waals surface area contributed by atoms with Crippen molar-refractivity contribution in [2.75, 3.05) is 20.8 Å². The van der Waals surface area contributed by atoms with Crippen LogP contribution in [0.5, 0.6) is 17.2 Å². The normalized spacial score (nSPS) is 14.4.